The maximum Gasteiger partial charge on any atom is 0.247 e. The molecule has 1 heterocycles. The number of nitrogen functional groups attached to an aromatic ring is 1. The van der Waals surface area contributed by atoms with Gasteiger partial charge < -0.3 is 15.2 Å². The molecule has 0 saturated heterocycles. The number of carbonyl (C=O) groups is 1. The number of ether oxygens (including phenoxy) is 2. The van der Waals surface area contributed by atoms with Crippen molar-refractivity contribution in [2.24, 2.45) is 5.10 Å². The first kappa shape index (κ1) is 19.3. The molecule has 0 radical (unpaired) electrons. The molecule has 0 aliphatic heterocycles. The molecule has 0 saturated carbocycles. The van der Waals surface area contributed by atoms with Crippen molar-refractivity contribution in [3.8, 4) is 11.5 Å². The Bertz CT molecular complexity index is 913. The average Bonchev–Trinajstić information content (AvgIpc) is 3.12. The van der Waals surface area contributed by atoms with Crippen molar-refractivity contribution in [2.45, 2.75) is 6.42 Å². The fourth-order valence-corrected chi connectivity index (χ4v) is 2.79. The van der Waals surface area contributed by atoms with Gasteiger partial charge in [-0.05, 0) is 42.0 Å². The molecule has 0 aliphatic rings. The van der Waals surface area contributed by atoms with Gasteiger partial charge in [0.2, 0.25) is 11.0 Å². The van der Waals surface area contributed by atoms with Gasteiger partial charge in [0.05, 0.1) is 12.6 Å². The van der Waals surface area contributed by atoms with Gasteiger partial charge in [0, 0.05) is 0 Å². The van der Waals surface area contributed by atoms with E-state index in [1.165, 1.54) is 11.3 Å². The fraction of sp³-hybridized carbons (Fsp3) is 0.158. The van der Waals surface area contributed by atoms with Crippen LogP contribution in [0.25, 0.3) is 0 Å². The summed E-state index contributed by atoms with van der Waals surface area (Å²) in [4.78, 5) is 11.8. The molecule has 28 heavy (non-hydrogen) atoms. The molecule has 3 rings (SSSR count). The first-order chi connectivity index (χ1) is 13.7. The highest BCUT2D eigenvalue weighted by atomic mass is 32.1. The second kappa shape index (κ2) is 10.0. The topological polar surface area (TPSA) is 112 Å². The van der Waals surface area contributed by atoms with Gasteiger partial charge in [0.15, 0.2) is 0 Å². The molecule has 9 heteroatoms. The van der Waals surface area contributed by atoms with Gasteiger partial charge in [-0.3, -0.25) is 4.79 Å². The lowest BCUT2D eigenvalue weighted by molar-refractivity contribution is -0.120. The van der Waals surface area contributed by atoms with Crippen molar-refractivity contribution in [1.82, 2.24) is 15.6 Å². The molecule has 0 bridgehead atoms. The highest BCUT2D eigenvalue weighted by Gasteiger charge is 2.07. The number of carbonyl (C=O) groups excluding carboxylic acids is 1. The zero-order valence-electron chi connectivity index (χ0n) is 14.9. The average molecular weight is 397 g/mol. The largest absolute Gasteiger partial charge is 0.490 e. The smallest absolute Gasteiger partial charge is 0.247 e. The quantitative estimate of drug-likeness (QED) is 0.325. The number of hydrogen-bond acceptors (Lipinski definition) is 8. The van der Waals surface area contributed by atoms with Crippen molar-refractivity contribution >= 4 is 28.6 Å². The van der Waals surface area contributed by atoms with E-state index in [2.05, 4.69) is 20.7 Å². The van der Waals surface area contributed by atoms with E-state index in [-0.39, 0.29) is 12.3 Å². The fourth-order valence-electron chi connectivity index (χ4n) is 2.18. The molecule has 2 aromatic carbocycles. The number of anilines is 1. The third kappa shape index (κ3) is 6.36. The molecular weight excluding hydrogens is 378 g/mol. The summed E-state index contributed by atoms with van der Waals surface area (Å²) in [5.74, 6) is 1.26. The van der Waals surface area contributed by atoms with Crippen LogP contribution in [0.5, 0.6) is 11.5 Å². The summed E-state index contributed by atoms with van der Waals surface area (Å²) in [6.45, 7) is 0.897. The zero-order chi connectivity index (χ0) is 19.6. The molecule has 3 aromatic rings. The van der Waals surface area contributed by atoms with E-state index in [4.69, 9.17) is 15.2 Å². The van der Waals surface area contributed by atoms with Crippen LogP contribution in [0.4, 0.5) is 5.13 Å². The highest BCUT2D eigenvalue weighted by molar-refractivity contribution is 7.15. The summed E-state index contributed by atoms with van der Waals surface area (Å²) >= 11 is 1.17. The molecule has 0 aliphatic carbocycles. The maximum atomic E-state index is 11.8. The number of nitrogens with zero attached hydrogens (tertiary/aromatic N) is 3. The molecule has 0 unspecified atom stereocenters. The Morgan fingerprint density at radius 2 is 1.71 bits per heavy atom. The van der Waals surface area contributed by atoms with Crippen LogP contribution < -0.4 is 20.6 Å². The van der Waals surface area contributed by atoms with Crippen LogP contribution in [0, 0.1) is 0 Å². The number of nitrogens with one attached hydrogen (secondary N) is 1. The standard InChI is InChI=1S/C19H19N5O3S/c20-19-24-23-18(28-19)12-17(25)22-21-13-14-6-8-16(9-7-14)27-11-10-26-15-4-2-1-3-5-15/h1-9,13H,10-12H2,(H2,20,24)(H,22,25)/b21-13+. The lowest BCUT2D eigenvalue weighted by atomic mass is 10.2. The predicted octanol–water partition coefficient (Wildman–Crippen LogP) is 2.27. The van der Waals surface area contributed by atoms with Crippen molar-refractivity contribution in [1.29, 1.82) is 0 Å². The number of aromatic nitrogens is 2. The third-order valence-corrected chi connectivity index (χ3v) is 4.19. The van der Waals surface area contributed by atoms with Crippen LogP contribution in [-0.4, -0.2) is 35.5 Å². The molecule has 0 atom stereocenters. The number of rotatable bonds is 9. The van der Waals surface area contributed by atoms with Crippen LogP contribution in [0.2, 0.25) is 0 Å². The Morgan fingerprint density at radius 3 is 2.36 bits per heavy atom. The SMILES string of the molecule is Nc1nnc(CC(=O)N/N=C/c2ccc(OCCOc3ccccc3)cc2)s1. The summed E-state index contributed by atoms with van der Waals surface area (Å²) in [7, 11) is 0. The van der Waals surface area contributed by atoms with Crippen molar-refractivity contribution in [3.63, 3.8) is 0 Å². The van der Waals surface area contributed by atoms with Crippen LogP contribution in [0.1, 0.15) is 10.6 Å². The van der Waals surface area contributed by atoms with E-state index >= 15 is 0 Å². The minimum Gasteiger partial charge on any atom is -0.490 e. The molecule has 1 amide bonds. The Kier molecular flexibility index (Phi) is 6.91. The van der Waals surface area contributed by atoms with Crippen molar-refractivity contribution in [3.05, 3.63) is 65.2 Å². The number of hydrazone groups is 1. The summed E-state index contributed by atoms with van der Waals surface area (Å²) in [6.07, 6.45) is 1.64. The molecule has 0 fully saturated rings. The van der Waals surface area contributed by atoms with Crippen LogP contribution in [-0.2, 0) is 11.2 Å². The van der Waals surface area contributed by atoms with Gasteiger partial charge in [-0.25, -0.2) is 5.43 Å². The normalized spacial score (nSPS) is 10.7. The van der Waals surface area contributed by atoms with E-state index in [0.29, 0.717) is 23.4 Å². The van der Waals surface area contributed by atoms with E-state index < -0.39 is 0 Å². The zero-order valence-corrected chi connectivity index (χ0v) is 15.8. The Labute approximate surface area is 166 Å². The molecule has 144 valence electrons. The lowest BCUT2D eigenvalue weighted by Crippen LogP contribution is -2.19. The Balaban J connectivity index is 1.37. The van der Waals surface area contributed by atoms with Gasteiger partial charge in [-0.15, -0.1) is 10.2 Å². The Morgan fingerprint density at radius 1 is 1.04 bits per heavy atom. The summed E-state index contributed by atoms with van der Waals surface area (Å²) < 4.78 is 11.2. The van der Waals surface area contributed by atoms with Crippen molar-refractivity contribution < 1.29 is 14.3 Å². The number of benzene rings is 2. The Hall–Kier alpha value is -3.46. The molecule has 1 aromatic heterocycles. The summed E-state index contributed by atoms with van der Waals surface area (Å²) in [5.41, 5.74) is 8.74. The van der Waals surface area contributed by atoms with Gasteiger partial charge >= 0.3 is 0 Å². The van der Waals surface area contributed by atoms with Gasteiger partial charge in [0.1, 0.15) is 29.7 Å². The first-order valence-corrected chi connectivity index (χ1v) is 9.31. The van der Waals surface area contributed by atoms with E-state index in [0.717, 1.165) is 17.1 Å². The highest BCUT2D eigenvalue weighted by Crippen LogP contribution is 2.13. The molecule has 0 spiro atoms. The molecular formula is C19H19N5O3S. The lowest BCUT2D eigenvalue weighted by Gasteiger charge is -2.08. The minimum absolute atomic E-state index is 0.0873. The number of nitrogens with two attached hydrogens (primary N) is 1. The second-order valence-corrected chi connectivity index (χ2v) is 6.68. The van der Waals surface area contributed by atoms with Gasteiger partial charge in [0.25, 0.3) is 0 Å². The van der Waals surface area contributed by atoms with E-state index in [9.17, 15) is 4.79 Å². The monoisotopic (exact) mass is 397 g/mol. The van der Waals surface area contributed by atoms with Crippen LogP contribution in [0.3, 0.4) is 0 Å². The summed E-state index contributed by atoms with van der Waals surface area (Å²) in [6, 6.07) is 16.9. The van der Waals surface area contributed by atoms with Crippen LogP contribution in [0.15, 0.2) is 59.7 Å². The van der Waals surface area contributed by atoms with Crippen molar-refractivity contribution in [2.75, 3.05) is 18.9 Å². The second-order valence-electron chi connectivity index (χ2n) is 5.58. The van der Waals surface area contributed by atoms with E-state index in [1.807, 2.05) is 54.6 Å². The molecule has 8 nitrogen and oxygen atoms in total. The maximum absolute atomic E-state index is 11.8. The number of amides is 1. The molecule has 3 N–H and O–H groups in total. The minimum atomic E-state index is -0.286. The predicted molar refractivity (Wildman–Crippen MR) is 108 cm³/mol. The van der Waals surface area contributed by atoms with Gasteiger partial charge in [-0.1, -0.05) is 29.5 Å². The first-order valence-electron chi connectivity index (χ1n) is 8.49. The summed E-state index contributed by atoms with van der Waals surface area (Å²) in [5, 5.41) is 12.2. The number of para-hydroxylation sites is 1. The van der Waals surface area contributed by atoms with Gasteiger partial charge in [-0.2, -0.15) is 5.10 Å². The van der Waals surface area contributed by atoms with E-state index in [1.54, 1.807) is 6.21 Å². The third-order valence-electron chi connectivity index (χ3n) is 3.44. The van der Waals surface area contributed by atoms with Crippen LogP contribution >= 0.6 is 11.3 Å². The number of hydrogen-bond donors (Lipinski definition) is 2.